The van der Waals surface area contributed by atoms with Crippen LogP contribution in [0.25, 0.3) is 0 Å². The van der Waals surface area contributed by atoms with Gasteiger partial charge in [0.25, 0.3) is 0 Å². The molecular weight excluding hydrogens is 208 g/mol. The van der Waals surface area contributed by atoms with Gasteiger partial charge in [-0.2, -0.15) is 0 Å². The SMILES string of the molecule is C=C/C(CO)=C(\C=C/C)NC(=S)NCC. The van der Waals surface area contributed by atoms with Crippen molar-refractivity contribution in [3.05, 3.63) is 36.1 Å². The zero-order chi connectivity index (χ0) is 11.7. The van der Waals surface area contributed by atoms with Crippen molar-refractivity contribution in [2.45, 2.75) is 13.8 Å². The number of nitrogens with one attached hydrogen (secondary N) is 2. The van der Waals surface area contributed by atoms with Gasteiger partial charge in [0.1, 0.15) is 0 Å². The first-order valence-corrected chi connectivity index (χ1v) is 5.24. The van der Waals surface area contributed by atoms with Crippen molar-refractivity contribution in [2.75, 3.05) is 13.2 Å². The topological polar surface area (TPSA) is 44.3 Å². The average molecular weight is 226 g/mol. The number of allylic oxidation sites excluding steroid dienone is 2. The standard InChI is InChI=1S/C11H18N2OS/c1-4-7-10(9(5-2)8-14)13-11(15)12-6-3/h4-5,7,14H,2,6,8H2,1,3H3,(H2,12,13,15)/b7-4-,10-9-. The van der Waals surface area contributed by atoms with Crippen LogP contribution in [-0.4, -0.2) is 23.4 Å². The van der Waals surface area contributed by atoms with Crippen LogP contribution in [0.3, 0.4) is 0 Å². The molecule has 3 nitrogen and oxygen atoms in total. The molecule has 0 aromatic carbocycles. The number of thiocarbonyl (C=S) groups is 1. The Balaban J connectivity index is 4.74. The lowest BCUT2D eigenvalue weighted by molar-refractivity contribution is 0.334. The summed E-state index contributed by atoms with van der Waals surface area (Å²) in [7, 11) is 0. The Hall–Kier alpha value is -1.13. The molecule has 0 fully saturated rings. The largest absolute Gasteiger partial charge is 0.392 e. The van der Waals surface area contributed by atoms with Crippen LogP contribution in [0.15, 0.2) is 36.1 Å². The number of aliphatic hydroxyl groups is 1. The minimum Gasteiger partial charge on any atom is -0.392 e. The number of hydrogen-bond acceptors (Lipinski definition) is 2. The zero-order valence-electron chi connectivity index (χ0n) is 9.21. The molecule has 0 rings (SSSR count). The smallest absolute Gasteiger partial charge is 0.170 e. The molecule has 0 saturated carbocycles. The molecule has 0 amide bonds. The van der Waals surface area contributed by atoms with E-state index >= 15 is 0 Å². The lowest BCUT2D eigenvalue weighted by Gasteiger charge is -2.12. The van der Waals surface area contributed by atoms with Crippen molar-refractivity contribution in [3.8, 4) is 0 Å². The third kappa shape index (κ3) is 5.34. The van der Waals surface area contributed by atoms with Crippen LogP contribution in [-0.2, 0) is 0 Å². The fourth-order valence-corrected chi connectivity index (χ4v) is 1.24. The fraction of sp³-hybridized carbons (Fsp3) is 0.364. The van der Waals surface area contributed by atoms with Gasteiger partial charge in [-0.25, -0.2) is 0 Å². The summed E-state index contributed by atoms with van der Waals surface area (Å²) in [5.74, 6) is 0. The second kappa shape index (κ2) is 8.20. The second-order valence-corrected chi connectivity index (χ2v) is 3.19. The van der Waals surface area contributed by atoms with Crippen molar-refractivity contribution >= 4 is 17.3 Å². The van der Waals surface area contributed by atoms with E-state index in [2.05, 4.69) is 17.2 Å². The van der Waals surface area contributed by atoms with Gasteiger partial charge in [-0.3, -0.25) is 0 Å². The molecule has 0 atom stereocenters. The quantitative estimate of drug-likeness (QED) is 0.491. The molecule has 0 heterocycles. The Labute approximate surface area is 96.6 Å². The van der Waals surface area contributed by atoms with E-state index < -0.39 is 0 Å². The highest BCUT2D eigenvalue weighted by atomic mass is 32.1. The third-order valence-corrected chi connectivity index (χ3v) is 1.93. The Bertz CT molecular complexity index is 282. The van der Waals surface area contributed by atoms with E-state index in [0.717, 1.165) is 12.2 Å². The van der Waals surface area contributed by atoms with Crippen molar-refractivity contribution in [1.82, 2.24) is 10.6 Å². The van der Waals surface area contributed by atoms with E-state index in [4.69, 9.17) is 17.3 Å². The van der Waals surface area contributed by atoms with Gasteiger partial charge >= 0.3 is 0 Å². The van der Waals surface area contributed by atoms with Crippen LogP contribution < -0.4 is 10.6 Å². The van der Waals surface area contributed by atoms with E-state index in [1.165, 1.54) is 0 Å². The third-order valence-electron chi connectivity index (χ3n) is 1.68. The summed E-state index contributed by atoms with van der Waals surface area (Å²) in [5, 5.41) is 15.6. The molecule has 4 heteroatoms. The highest BCUT2D eigenvalue weighted by Gasteiger charge is 2.01. The lowest BCUT2D eigenvalue weighted by Crippen LogP contribution is -2.34. The first-order chi connectivity index (χ1) is 7.19. The predicted octanol–water partition coefficient (Wildman–Crippen LogP) is 1.48. The van der Waals surface area contributed by atoms with Gasteiger partial charge < -0.3 is 15.7 Å². The summed E-state index contributed by atoms with van der Waals surface area (Å²) in [6.45, 7) is 8.19. The maximum Gasteiger partial charge on any atom is 0.170 e. The van der Waals surface area contributed by atoms with Gasteiger partial charge in [0, 0.05) is 17.8 Å². The highest BCUT2D eigenvalue weighted by Crippen LogP contribution is 2.03. The van der Waals surface area contributed by atoms with Gasteiger partial charge in [0.2, 0.25) is 0 Å². The molecule has 0 aromatic heterocycles. The number of aliphatic hydroxyl groups excluding tert-OH is 1. The Morgan fingerprint density at radius 2 is 2.20 bits per heavy atom. The van der Waals surface area contributed by atoms with Crippen molar-refractivity contribution in [3.63, 3.8) is 0 Å². The minimum atomic E-state index is -0.0646. The Morgan fingerprint density at radius 3 is 2.60 bits per heavy atom. The molecule has 84 valence electrons. The van der Waals surface area contributed by atoms with Gasteiger partial charge in [-0.05, 0) is 32.1 Å². The molecule has 0 aromatic rings. The summed E-state index contributed by atoms with van der Waals surface area (Å²) < 4.78 is 0. The fourth-order valence-electron chi connectivity index (χ4n) is 0.982. The van der Waals surface area contributed by atoms with Crippen molar-refractivity contribution in [2.24, 2.45) is 0 Å². The molecule has 0 saturated heterocycles. The van der Waals surface area contributed by atoms with E-state index in [9.17, 15) is 0 Å². The second-order valence-electron chi connectivity index (χ2n) is 2.79. The van der Waals surface area contributed by atoms with Gasteiger partial charge in [-0.1, -0.05) is 18.7 Å². The summed E-state index contributed by atoms with van der Waals surface area (Å²) in [6, 6.07) is 0. The van der Waals surface area contributed by atoms with Gasteiger partial charge in [-0.15, -0.1) is 0 Å². The Kier molecular flexibility index (Phi) is 7.58. The summed E-state index contributed by atoms with van der Waals surface area (Å²) in [5.41, 5.74) is 1.48. The minimum absolute atomic E-state index is 0.0646. The summed E-state index contributed by atoms with van der Waals surface area (Å²) >= 11 is 5.05. The van der Waals surface area contributed by atoms with Crippen LogP contribution in [0, 0.1) is 0 Å². The average Bonchev–Trinajstić information content (AvgIpc) is 2.20. The number of rotatable bonds is 5. The molecule has 0 unspecified atom stereocenters. The lowest BCUT2D eigenvalue weighted by atomic mass is 10.2. The summed E-state index contributed by atoms with van der Waals surface area (Å²) in [4.78, 5) is 0. The molecule has 0 aliphatic heterocycles. The van der Waals surface area contributed by atoms with Crippen LogP contribution in [0.4, 0.5) is 0 Å². The zero-order valence-corrected chi connectivity index (χ0v) is 10.0. The molecule has 15 heavy (non-hydrogen) atoms. The maximum absolute atomic E-state index is 9.10. The van der Waals surface area contributed by atoms with E-state index in [0.29, 0.717) is 10.7 Å². The predicted molar refractivity (Wildman–Crippen MR) is 68.5 cm³/mol. The van der Waals surface area contributed by atoms with Crippen LogP contribution in [0.5, 0.6) is 0 Å². The molecule has 0 spiro atoms. The van der Waals surface area contributed by atoms with E-state index in [1.54, 1.807) is 6.08 Å². The molecule has 0 aliphatic rings. The van der Waals surface area contributed by atoms with Crippen LogP contribution >= 0.6 is 12.2 Å². The van der Waals surface area contributed by atoms with Crippen molar-refractivity contribution in [1.29, 1.82) is 0 Å². The highest BCUT2D eigenvalue weighted by molar-refractivity contribution is 7.80. The molecule has 0 bridgehead atoms. The van der Waals surface area contributed by atoms with Gasteiger partial charge in [0.05, 0.1) is 6.61 Å². The Morgan fingerprint density at radius 1 is 1.53 bits per heavy atom. The molecule has 0 aliphatic carbocycles. The summed E-state index contributed by atoms with van der Waals surface area (Å²) in [6.07, 6.45) is 5.32. The van der Waals surface area contributed by atoms with E-state index in [-0.39, 0.29) is 6.61 Å². The van der Waals surface area contributed by atoms with E-state index in [1.807, 2.05) is 26.0 Å². The number of hydrogen-bond donors (Lipinski definition) is 3. The molecule has 0 radical (unpaired) electrons. The first kappa shape index (κ1) is 13.9. The normalized spacial score (nSPS) is 12.2. The van der Waals surface area contributed by atoms with Crippen LogP contribution in [0.2, 0.25) is 0 Å². The maximum atomic E-state index is 9.10. The van der Waals surface area contributed by atoms with Crippen molar-refractivity contribution < 1.29 is 5.11 Å². The monoisotopic (exact) mass is 226 g/mol. The van der Waals surface area contributed by atoms with Crippen LogP contribution in [0.1, 0.15) is 13.8 Å². The first-order valence-electron chi connectivity index (χ1n) is 4.83. The molecule has 3 N–H and O–H groups in total. The molecular formula is C11H18N2OS. The van der Waals surface area contributed by atoms with Gasteiger partial charge in [0.15, 0.2) is 5.11 Å².